The molecule has 0 bridgehead atoms. The largest absolute Gasteiger partial charge is 0.391 e. The highest BCUT2D eigenvalue weighted by Gasteiger charge is 2.30. The van der Waals surface area contributed by atoms with Gasteiger partial charge in [-0.15, -0.1) is 0 Å². The monoisotopic (exact) mass is 387 g/mol. The summed E-state index contributed by atoms with van der Waals surface area (Å²) in [6.45, 7) is 0.152. The van der Waals surface area contributed by atoms with Gasteiger partial charge < -0.3 is 4.84 Å². The Morgan fingerprint density at radius 3 is 2.50 bits per heavy atom. The summed E-state index contributed by atoms with van der Waals surface area (Å²) in [5.41, 5.74) is 1.22. The molecular formula is C19H18FN3O5. The van der Waals surface area contributed by atoms with Crippen LogP contribution in [0.1, 0.15) is 42.7 Å². The molecule has 2 aromatic rings. The second-order valence-corrected chi connectivity index (χ2v) is 6.54. The fraction of sp³-hybridized carbons (Fsp3) is 0.316. The first-order valence-corrected chi connectivity index (χ1v) is 8.81. The van der Waals surface area contributed by atoms with Crippen molar-refractivity contribution in [2.24, 2.45) is 5.16 Å². The Balaban J connectivity index is 1.83. The van der Waals surface area contributed by atoms with Crippen LogP contribution in [0.5, 0.6) is 0 Å². The van der Waals surface area contributed by atoms with E-state index in [1.54, 1.807) is 12.1 Å². The quantitative estimate of drug-likeness (QED) is 0.519. The molecule has 28 heavy (non-hydrogen) atoms. The van der Waals surface area contributed by atoms with Gasteiger partial charge in [0.15, 0.2) is 0 Å². The van der Waals surface area contributed by atoms with E-state index in [1.807, 2.05) is 0 Å². The highest BCUT2D eigenvalue weighted by Crippen LogP contribution is 2.37. The average Bonchev–Trinajstić information content (AvgIpc) is 2.69. The summed E-state index contributed by atoms with van der Waals surface area (Å²) >= 11 is 0. The van der Waals surface area contributed by atoms with Crippen LogP contribution in [-0.2, 0) is 11.4 Å². The van der Waals surface area contributed by atoms with E-state index in [2.05, 4.69) is 5.16 Å². The molecule has 1 saturated carbocycles. The van der Waals surface area contributed by atoms with E-state index in [0.29, 0.717) is 24.1 Å². The molecule has 2 aromatic carbocycles. The molecule has 0 aromatic heterocycles. The summed E-state index contributed by atoms with van der Waals surface area (Å²) in [4.78, 5) is 26.5. The first-order chi connectivity index (χ1) is 13.5. The van der Waals surface area contributed by atoms with Crippen molar-refractivity contribution in [3.63, 3.8) is 0 Å². The molecule has 0 aliphatic heterocycles. The minimum Gasteiger partial charge on any atom is -0.391 e. The highest BCUT2D eigenvalue weighted by atomic mass is 19.1. The fourth-order valence-electron chi connectivity index (χ4n) is 3.31. The first kappa shape index (κ1) is 19.4. The van der Waals surface area contributed by atoms with E-state index in [9.17, 15) is 24.6 Å². The molecule has 0 amide bonds. The Kier molecular flexibility index (Phi) is 5.93. The van der Waals surface area contributed by atoms with Gasteiger partial charge in [-0.1, -0.05) is 23.7 Å². The molecule has 8 nitrogen and oxygen atoms in total. The van der Waals surface area contributed by atoms with E-state index in [4.69, 9.17) is 4.84 Å². The number of nitro groups is 2. The van der Waals surface area contributed by atoms with Gasteiger partial charge in [0.2, 0.25) is 0 Å². The zero-order valence-electron chi connectivity index (χ0n) is 14.9. The summed E-state index contributed by atoms with van der Waals surface area (Å²) in [6.07, 6.45) is 3.03. The number of hydrogen-bond donors (Lipinski definition) is 0. The lowest BCUT2D eigenvalue weighted by atomic mass is 9.81. The van der Waals surface area contributed by atoms with Crippen LogP contribution in [0.25, 0.3) is 0 Å². The molecule has 0 saturated heterocycles. The van der Waals surface area contributed by atoms with Gasteiger partial charge >= 0.3 is 0 Å². The third kappa shape index (κ3) is 4.48. The lowest BCUT2D eigenvalue weighted by Gasteiger charge is -2.23. The molecule has 146 valence electrons. The maximum Gasteiger partial charge on any atom is 0.280 e. The average molecular weight is 387 g/mol. The van der Waals surface area contributed by atoms with E-state index in [0.717, 1.165) is 24.5 Å². The van der Waals surface area contributed by atoms with Gasteiger partial charge in [0.1, 0.15) is 12.4 Å². The number of halogens is 1. The van der Waals surface area contributed by atoms with Crippen molar-refractivity contribution in [1.29, 1.82) is 0 Å². The van der Waals surface area contributed by atoms with Crippen LogP contribution in [0.2, 0.25) is 0 Å². The fourth-order valence-corrected chi connectivity index (χ4v) is 3.31. The third-order valence-corrected chi connectivity index (χ3v) is 4.70. The molecule has 0 spiro atoms. The van der Waals surface area contributed by atoms with Crippen LogP contribution in [0.3, 0.4) is 0 Å². The Morgan fingerprint density at radius 1 is 1.07 bits per heavy atom. The smallest absolute Gasteiger partial charge is 0.280 e. The van der Waals surface area contributed by atoms with Crippen molar-refractivity contribution >= 4 is 17.1 Å². The third-order valence-electron chi connectivity index (χ3n) is 4.70. The number of benzene rings is 2. The number of oxime groups is 1. The molecule has 1 fully saturated rings. The molecule has 1 aliphatic carbocycles. The molecule has 1 atom stereocenters. The number of nitro benzene ring substituents is 2. The Bertz CT molecular complexity index is 914. The second-order valence-electron chi connectivity index (χ2n) is 6.54. The molecule has 9 heteroatoms. The number of rotatable bonds is 6. The van der Waals surface area contributed by atoms with Crippen LogP contribution >= 0.6 is 0 Å². The number of nitrogens with zero attached hydrogens (tertiary/aromatic N) is 3. The molecular weight excluding hydrogens is 369 g/mol. The first-order valence-electron chi connectivity index (χ1n) is 8.81. The van der Waals surface area contributed by atoms with Gasteiger partial charge in [-0.2, -0.15) is 0 Å². The zero-order chi connectivity index (χ0) is 20.1. The summed E-state index contributed by atoms with van der Waals surface area (Å²) in [7, 11) is 0. The van der Waals surface area contributed by atoms with Gasteiger partial charge in [-0.3, -0.25) is 20.2 Å². The van der Waals surface area contributed by atoms with Crippen molar-refractivity contribution in [3.8, 4) is 0 Å². The van der Waals surface area contributed by atoms with Crippen molar-refractivity contribution in [2.45, 2.75) is 38.2 Å². The van der Waals surface area contributed by atoms with E-state index in [-0.39, 0.29) is 29.7 Å². The SMILES string of the molecule is O=[N+]([O-])c1ccc(C2CCCCC2=NOCc2ccc(F)cc2)c([N+](=O)[O-])c1. The molecule has 1 unspecified atom stereocenters. The van der Waals surface area contributed by atoms with E-state index in [1.165, 1.54) is 24.3 Å². The molecule has 1 aliphatic rings. The van der Waals surface area contributed by atoms with E-state index >= 15 is 0 Å². The molecule has 0 N–H and O–H groups in total. The van der Waals surface area contributed by atoms with Crippen molar-refractivity contribution in [2.75, 3.05) is 0 Å². The van der Waals surface area contributed by atoms with Crippen LogP contribution in [-0.4, -0.2) is 15.6 Å². The van der Waals surface area contributed by atoms with Crippen LogP contribution in [0.4, 0.5) is 15.8 Å². The summed E-state index contributed by atoms with van der Waals surface area (Å²) in [6, 6.07) is 9.53. The van der Waals surface area contributed by atoms with Crippen molar-refractivity contribution in [3.05, 3.63) is 79.6 Å². The molecule has 3 rings (SSSR count). The standard InChI is InChI=1S/C19H18FN3O5/c20-14-7-5-13(6-8-14)12-28-21-18-4-2-1-3-16(18)17-10-9-15(22(24)25)11-19(17)23(26)27/h5-11,16H,1-4,12H2. The lowest BCUT2D eigenvalue weighted by Crippen LogP contribution is -2.19. The van der Waals surface area contributed by atoms with Crippen molar-refractivity contribution in [1.82, 2.24) is 0 Å². The maximum atomic E-state index is 13.0. The van der Waals surface area contributed by atoms with Gasteiger partial charge in [0, 0.05) is 17.5 Å². The lowest BCUT2D eigenvalue weighted by molar-refractivity contribution is -0.394. The number of hydrogen-bond acceptors (Lipinski definition) is 6. The predicted molar refractivity (Wildman–Crippen MR) is 99.6 cm³/mol. The second kappa shape index (κ2) is 8.55. The van der Waals surface area contributed by atoms with Gasteiger partial charge in [-0.25, -0.2) is 4.39 Å². The zero-order valence-corrected chi connectivity index (χ0v) is 14.9. The van der Waals surface area contributed by atoms with Gasteiger partial charge in [0.25, 0.3) is 11.4 Å². The predicted octanol–water partition coefficient (Wildman–Crippen LogP) is 4.87. The number of non-ortho nitro benzene ring substituents is 1. The minimum atomic E-state index is -0.654. The van der Waals surface area contributed by atoms with E-state index < -0.39 is 9.85 Å². The summed E-state index contributed by atoms with van der Waals surface area (Å²) < 4.78 is 13.0. The Hall–Kier alpha value is -3.36. The summed E-state index contributed by atoms with van der Waals surface area (Å²) in [5.74, 6) is -0.670. The molecule has 0 radical (unpaired) electrons. The Morgan fingerprint density at radius 2 is 1.82 bits per heavy atom. The Labute approximate surface area is 159 Å². The van der Waals surface area contributed by atoms with Crippen LogP contribution < -0.4 is 0 Å². The normalized spacial score (nSPS) is 18.0. The van der Waals surface area contributed by atoms with Gasteiger partial charge in [0.05, 0.1) is 21.6 Å². The maximum absolute atomic E-state index is 13.0. The minimum absolute atomic E-state index is 0.152. The summed E-state index contributed by atoms with van der Waals surface area (Å²) in [5, 5.41) is 26.6. The molecule has 0 heterocycles. The highest BCUT2D eigenvalue weighted by molar-refractivity contribution is 5.92. The van der Waals surface area contributed by atoms with Crippen molar-refractivity contribution < 1.29 is 19.1 Å². The van der Waals surface area contributed by atoms with Gasteiger partial charge in [-0.05, 0) is 43.0 Å². The van der Waals surface area contributed by atoms with Crippen LogP contribution in [0, 0.1) is 26.0 Å². The topological polar surface area (TPSA) is 108 Å². The van der Waals surface area contributed by atoms with Crippen LogP contribution in [0.15, 0.2) is 47.6 Å².